The van der Waals surface area contributed by atoms with Gasteiger partial charge < -0.3 is 14.9 Å². The number of esters is 1. The third kappa shape index (κ3) is 5.60. The number of unbranched alkanes of at least 4 members (excludes halogenated alkanes) is 1. The Morgan fingerprint density at radius 2 is 2.23 bits per heavy atom. The Morgan fingerprint density at radius 1 is 1.62 bits per heavy atom. The lowest BCUT2D eigenvalue weighted by Gasteiger charge is -2.13. The standard InChI is InChI=1S/C9H17O4/c1-3-4-5-8(11)9(12)13-7(2)6-10/h7-8,10-11H,2-6H2,1H3. The first-order valence-electron chi connectivity index (χ1n) is 4.44. The largest absolute Gasteiger partial charge is 0.458 e. The molecule has 0 heterocycles. The number of rotatable bonds is 6. The average Bonchev–Trinajstić information content (AvgIpc) is 2.13. The summed E-state index contributed by atoms with van der Waals surface area (Å²) in [4.78, 5) is 11.0. The molecule has 0 aromatic heterocycles. The minimum Gasteiger partial charge on any atom is -0.458 e. The zero-order chi connectivity index (χ0) is 10.3. The molecule has 4 nitrogen and oxygen atoms in total. The molecule has 0 fully saturated rings. The maximum absolute atomic E-state index is 11.0. The Kier molecular flexibility index (Phi) is 6.54. The molecule has 0 aliphatic carbocycles. The van der Waals surface area contributed by atoms with E-state index in [9.17, 15) is 9.90 Å². The summed E-state index contributed by atoms with van der Waals surface area (Å²) >= 11 is 0. The van der Waals surface area contributed by atoms with Gasteiger partial charge in [0, 0.05) is 0 Å². The smallest absolute Gasteiger partial charge is 0.335 e. The van der Waals surface area contributed by atoms with Crippen LogP contribution in [0, 0.1) is 6.92 Å². The molecule has 2 N–H and O–H groups in total. The van der Waals surface area contributed by atoms with E-state index >= 15 is 0 Å². The molecule has 0 saturated heterocycles. The minimum atomic E-state index is -1.09. The van der Waals surface area contributed by atoms with Crippen molar-refractivity contribution in [3.63, 3.8) is 0 Å². The molecule has 0 rings (SSSR count). The van der Waals surface area contributed by atoms with Gasteiger partial charge in [-0.2, -0.15) is 0 Å². The summed E-state index contributed by atoms with van der Waals surface area (Å²) in [5.74, 6) is -0.706. The van der Waals surface area contributed by atoms with Crippen molar-refractivity contribution in [1.29, 1.82) is 0 Å². The van der Waals surface area contributed by atoms with Gasteiger partial charge in [0.15, 0.2) is 6.10 Å². The fourth-order valence-electron chi connectivity index (χ4n) is 0.795. The molecular formula is C9H17O4. The SMILES string of the molecule is [CH2]C(CO)OC(=O)C(O)CCCC. The average molecular weight is 189 g/mol. The quantitative estimate of drug-likeness (QED) is 0.589. The fourth-order valence-corrected chi connectivity index (χ4v) is 0.795. The summed E-state index contributed by atoms with van der Waals surface area (Å²) < 4.78 is 4.61. The van der Waals surface area contributed by atoms with Crippen LogP contribution in [0.15, 0.2) is 0 Å². The van der Waals surface area contributed by atoms with Gasteiger partial charge in [-0.15, -0.1) is 0 Å². The second kappa shape index (κ2) is 6.86. The highest BCUT2D eigenvalue weighted by atomic mass is 16.6. The van der Waals surface area contributed by atoms with Crippen LogP contribution >= 0.6 is 0 Å². The molecule has 0 aromatic rings. The number of carbonyl (C=O) groups excluding carboxylic acids is 1. The Labute approximate surface area is 78.5 Å². The van der Waals surface area contributed by atoms with Crippen LogP contribution in [0.4, 0.5) is 0 Å². The van der Waals surface area contributed by atoms with E-state index in [-0.39, 0.29) is 6.61 Å². The van der Waals surface area contributed by atoms with Crippen molar-refractivity contribution in [3.05, 3.63) is 6.92 Å². The second-order valence-electron chi connectivity index (χ2n) is 2.90. The first kappa shape index (κ1) is 12.4. The molecule has 13 heavy (non-hydrogen) atoms. The minimum absolute atomic E-state index is 0.327. The maximum Gasteiger partial charge on any atom is 0.335 e. The highest BCUT2D eigenvalue weighted by molar-refractivity contribution is 5.74. The molecule has 4 heteroatoms. The van der Waals surface area contributed by atoms with Crippen LogP contribution in [0.2, 0.25) is 0 Å². The molecule has 0 bridgehead atoms. The third-order valence-corrected chi connectivity index (χ3v) is 1.59. The molecule has 2 unspecified atom stereocenters. The first-order valence-corrected chi connectivity index (χ1v) is 4.44. The van der Waals surface area contributed by atoms with E-state index in [1.54, 1.807) is 0 Å². The summed E-state index contributed by atoms with van der Waals surface area (Å²) in [5.41, 5.74) is 0. The van der Waals surface area contributed by atoms with Crippen LogP contribution in [-0.4, -0.2) is 35.0 Å². The van der Waals surface area contributed by atoms with Gasteiger partial charge in [-0.05, 0) is 13.3 Å². The lowest BCUT2D eigenvalue weighted by molar-refractivity contribution is -0.159. The molecule has 0 amide bonds. The molecule has 0 aliphatic heterocycles. The summed E-state index contributed by atoms with van der Waals surface area (Å²) in [6.45, 7) is 5.00. The Morgan fingerprint density at radius 3 is 2.69 bits per heavy atom. The van der Waals surface area contributed by atoms with Crippen LogP contribution in [-0.2, 0) is 9.53 Å². The fraction of sp³-hybridized carbons (Fsp3) is 0.778. The van der Waals surface area contributed by atoms with Gasteiger partial charge >= 0.3 is 5.97 Å². The van der Waals surface area contributed by atoms with Crippen molar-refractivity contribution < 1.29 is 19.7 Å². The maximum atomic E-state index is 11.0. The predicted octanol–water partition coefficient (Wildman–Crippen LogP) is 0.276. The van der Waals surface area contributed by atoms with Gasteiger partial charge in [0.25, 0.3) is 0 Å². The van der Waals surface area contributed by atoms with E-state index in [2.05, 4.69) is 11.7 Å². The molecule has 77 valence electrons. The van der Waals surface area contributed by atoms with Crippen LogP contribution in [0.5, 0.6) is 0 Å². The van der Waals surface area contributed by atoms with Crippen LogP contribution < -0.4 is 0 Å². The van der Waals surface area contributed by atoms with E-state index in [1.165, 1.54) is 0 Å². The number of carbonyl (C=O) groups is 1. The van der Waals surface area contributed by atoms with E-state index in [0.29, 0.717) is 6.42 Å². The molecule has 0 aliphatic rings. The number of aliphatic hydroxyl groups is 2. The lowest BCUT2D eigenvalue weighted by Crippen LogP contribution is -2.28. The van der Waals surface area contributed by atoms with Crippen molar-refractivity contribution in [1.82, 2.24) is 0 Å². The van der Waals surface area contributed by atoms with E-state index in [0.717, 1.165) is 12.8 Å². The topological polar surface area (TPSA) is 66.8 Å². The Bertz CT molecular complexity index is 147. The normalized spacial score (nSPS) is 15.1. The Balaban J connectivity index is 3.68. The lowest BCUT2D eigenvalue weighted by atomic mass is 10.2. The van der Waals surface area contributed by atoms with E-state index in [1.807, 2.05) is 6.92 Å². The van der Waals surface area contributed by atoms with Crippen LogP contribution in [0.25, 0.3) is 0 Å². The van der Waals surface area contributed by atoms with Gasteiger partial charge in [-0.25, -0.2) is 4.79 Å². The molecule has 2 atom stereocenters. The van der Waals surface area contributed by atoms with Gasteiger partial charge in [0.1, 0.15) is 6.10 Å². The Hall–Kier alpha value is -0.610. The van der Waals surface area contributed by atoms with Crippen molar-refractivity contribution in [3.8, 4) is 0 Å². The molecule has 1 radical (unpaired) electrons. The van der Waals surface area contributed by atoms with Crippen LogP contribution in [0.1, 0.15) is 26.2 Å². The van der Waals surface area contributed by atoms with Gasteiger partial charge in [0.05, 0.1) is 6.61 Å². The number of ether oxygens (including phenoxy) is 1. The number of hydrogen-bond acceptors (Lipinski definition) is 4. The highest BCUT2D eigenvalue weighted by Crippen LogP contribution is 2.03. The summed E-state index contributed by atoms with van der Waals surface area (Å²) in [6, 6.07) is 0. The summed E-state index contributed by atoms with van der Waals surface area (Å²) in [5, 5.41) is 17.7. The number of aliphatic hydroxyl groups excluding tert-OH is 2. The van der Waals surface area contributed by atoms with Crippen molar-refractivity contribution in [2.24, 2.45) is 0 Å². The molecule has 0 saturated carbocycles. The van der Waals surface area contributed by atoms with Gasteiger partial charge in [0.2, 0.25) is 0 Å². The van der Waals surface area contributed by atoms with Crippen molar-refractivity contribution in [2.75, 3.05) is 6.61 Å². The first-order chi connectivity index (χ1) is 6.11. The number of hydrogen-bond donors (Lipinski definition) is 2. The summed E-state index contributed by atoms with van der Waals surface area (Å²) in [7, 11) is 0. The highest BCUT2D eigenvalue weighted by Gasteiger charge is 2.17. The van der Waals surface area contributed by atoms with Crippen molar-refractivity contribution >= 4 is 5.97 Å². The van der Waals surface area contributed by atoms with Crippen LogP contribution in [0.3, 0.4) is 0 Å². The zero-order valence-corrected chi connectivity index (χ0v) is 7.90. The molecule has 0 aromatic carbocycles. The zero-order valence-electron chi connectivity index (χ0n) is 7.90. The van der Waals surface area contributed by atoms with Gasteiger partial charge in [-0.1, -0.05) is 19.8 Å². The predicted molar refractivity (Wildman–Crippen MR) is 47.9 cm³/mol. The summed E-state index contributed by atoms with van der Waals surface area (Å²) in [6.07, 6.45) is 0.211. The molecule has 0 spiro atoms. The van der Waals surface area contributed by atoms with Crippen molar-refractivity contribution in [2.45, 2.75) is 38.4 Å². The van der Waals surface area contributed by atoms with E-state index < -0.39 is 18.2 Å². The van der Waals surface area contributed by atoms with Gasteiger partial charge in [-0.3, -0.25) is 0 Å². The second-order valence-corrected chi connectivity index (χ2v) is 2.90. The monoisotopic (exact) mass is 189 g/mol. The molecular weight excluding hydrogens is 172 g/mol. The third-order valence-electron chi connectivity index (χ3n) is 1.59. The van der Waals surface area contributed by atoms with E-state index in [4.69, 9.17) is 5.11 Å².